The molecule has 0 atom stereocenters. The van der Waals surface area contributed by atoms with Gasteiger partial charge in [0, 0.05) is 22.4 Å². The Balaban J connectivity index is 1.42. The number of benzene rings is 1. The molecule has 1 aliphatic heterocycles. The van der Waals surface area contributed by atoms with Crippen molar-refractivity contribution in [1.82, 2.24) is 10.2 Å². The summed E-state index contributed by atoms with van der Waals surface area (Å²) in [5, 5.41) is 5.61. The largest absolute Gasteiger partial charge is 0.351 e. The van der Waals surface area contributed by atoms with Crippen LogP contribution < -0.4 is 5.32 Å². The van der Waals surface area contributed by atoms with Gasteiger partial charge in [0.1, 0.15) is 0 Å². The molecule has 3 nitrogen and oxygen atoms in total. The molecule has 0 unspecified atom stereocenters. The van der Waals surface area contributed by atoms with Gasteiger partial charge in [-0.05, 0) is 61.5 Å². The number of halogens is 2. The van der Waals surface area contributed by atoms with E-state index in [1.165, 1.54) is 17.7 Å². The van der Waals surface area contributed by atoms with E-state index >= 15 is 0 Å². The quantitative estimate of drug-likeness (QED) is 0.745. The number of nitrogens with one attached hydrogen (secondary N) is 1. The number of nitrogens with zero attached hydrogens (tertiary/aromatic N) is 1. The normalized spacial score (nSPS) is 16.2. The average molecular weight is 428 g/mol. The van der Waals surface area contributed by atoms with Gasteiger partial charge in [-0.1, -0.05) is 33.6 Å². The summed E-state index contributed by atoms with van der Waals surface area (Å²) in [5.74, 6) is 0.589. The molecule has 0 bridgehead atoms. The van der Waals surface area contributed by atoms with Gasteiger partial charge in [0.15, 0.2) is 0 Å². The average Bonchev–Trinajstić information content (AvgIpc) is 3.12. The molecule has 1 N–H and O–H groups in total. The Hall–Kier alpha value is -0.880. The van der Waals surface area contributed by atoms with Crippen LogP contribution in [-0.4, -0.2) is 37.0 Å². The van der Waals surface area contributed by atoms with Crippen molar-refractivity contribution in [1.29, 1.82) is 0 Å². The molecule has 0 saturated carbocycles. The maximum Gasteiger partial charge on any atom is 0.252 e. The van der Waals surface area contributed by atoms with Gasteiger partial charge >= 0.3 is 0 Å². The van der Waals surface area contributed by atoms with E-state index < -0.39 is 0 Å². The third-order valence-electron chi connectivity index (χ3n) is 4.42. The molecule has 3 rings (SSSR count). The van der Waals surface area contributed by atoms with E-state index in [4.69, 9.17) is 11.6 Å². The van der Waals surface area contributed by atoms with Gasteiger partial charge in [0.2, 0.25) is 0 Å². The lowest BCUT2D eigenvalue weighted by Gasteiger charge is -2.31. The van der Waals surface area contributed by atoms with Crippen LogP contribution in [0.2, 0.25) is 5.02 Å². The molecular weight excluding hydrogens is 408 g/mol. The zero-order valence-corrected chi connectivity index (χ0v) is 16.5. The van der Waals surface area contributed by atoms with Crippen molar-refractivity contribution >= 4 is 44.8 Å². The van der Waals surface area contributed by atoms with Crippen LogP contribution in [0.25, 0.3) is 0 Å². The second kappa shape index (κ2) is 8.48. The van der Waals surface area contributed by atoms with Gasteiger partial charge in [-0.25, -0.2) is 0 Å². The number of amides is 1. The fraction of sp³-hybridized carbons (Fsp3) is 0.389. The van der Waals surface area contributed by atoms with Crippen molar-refractivity contribution in [2.75, 3.05) is 26.2 Å². The van der Waals surface area contributed by atoms with Crippen LogP contribution in [0.5, 0.6) is 0 Å². The Kier molecular flexibility index (Phi) is 6.33. The van der Waals surface area contributed by atoms with Crippen LogP contribution in [0.3, 0.4) is 0 Å². The third-order valence-corrected chi connectivity index (χ3v) is 6.28. The minimum Gasteiger partial charge on any atom is -0.351 e. The second-order valence-electron chi connectivity index (χ2n) is 6.01. The molecule has 1 amide bonds. The second-order valence-corrected chi connectivity index (χ2v) is 8.31. The summed E-state index contributed by atoms with van der Waals surface area (Å²) >= 11 is 11.3. The summed E-state index contributed by atoms with van der Waals surface area (Å²) in [6, 6.07) is 9.69. The van der Waals surface area contributed by atoms with Gasteiger partial charge < -0.3 is 10.2 Å². The highest BCUT2D eigenvalue weighted by atomic mass is 79.9. The molecule has 1 aromatic carbocycles. The summed E-state index contributed by atoms with van der Waals surface area (Å²) in [6.45, 7) is 3.71. The number of piperidine rings is 1. The molecular formula is C18H20BrClN2OS. The molecule has 1 saturated heterocycles. The molecule has 0 radical (unpaired) electrons. The highest BCUT2D eigenvalue weighted by Crippen LogP contribution is 2.30. The summed E-state index contributed by atoms with van der Waals surface area (Å²) in [7, 11) is 0. The summed E-state index contributed by atoms with van der Waals surface area (Å²) < 4.78 is 0.854. The number of carbonyl (C=O) groups is 1. The first-order valence-electron chi connectivity index (χ1n) is 8.12. The van der Waals surface area contributed by atoms with E-state index in [-0.39, 0.29) is 5.91 Å². The zero-order valence-electron chi connectivity index (χ0n) is 13.3. The molecule has 24 heavy (non-hydrogen) atoms. The number of hydrogen-bond acceptors (Lipinski definition) is 3. The topological polar surface area (TPSA) is 32.3 Å². The Morgan fingerprint density at radius 1 is 1.33 bits per heavy atom. The van der Waals surface area contributed by atoms with Crippen molar-refractivity contribution in [3.05, 3.63) is 55.6 Å². The predicted octanol–water partition coefficient (Wildman–Crippen LogP) is 4.77. The molecule has 2 aromatic rings. The van der Waals surface area contributed by atoms with Crippen molar-refractivity contribution in [3.8, 4) is 0 Å². The fourth-order valence-corrected chi connectivity index (χ4v) is 4.52. The lowest BCUT2D eigenvalue weighted by atomic mass is 9.95. The van der Waals surface area contributed by atoms with Crippen LogP contribution in [-0.2, 0) is 0 Å². The highest BCUT2D eigenvalue weighted by Gasteiger charge is 2.21. The number of hydrogen-bond donors (Lipinski definition) is 1. The van der Waals surface area contributed by atoms with Gasteiger partial charge in [0.25, 0.3) is 5.91 Å². The first kappa shape index (κ1) is 17.9. The van der Waals surface area contributed by atoms with Gasteiger partial charge in [-0.2, -0.15) is 0 Å². The minimum atomic E-state index is -0.116. The molecule has 0 spiro atoms. The van der Waals surface area contributed by atoms with Crippen LogP contribution in [0, 0.1) is 0 Å². The van der Waals surface area contributed by atoms with Crippen LogP contribution in [0.4, 0.5) is 0 Å². The first-order valence-corrected chi connectivity index (χ1v) is 10.2. The lowest BCUT2D eigenvalue weighted by Crippen LogP contribution is -2.39. The fourth-order valence-electron chi connectivity index (χ4n) is 3.06. The summed E-state index contributed by atoms with van der Waals surface area (Å²) in [5.41, 5.74) is 0.516. The molecule has 6 heteroatoms. The lowest BCUT2D eigenvalue weighted by molar-refractivity contribution is 0.0946. The van der Waals surface area contributed by atoms with Gasteiger partial charge in [0.05, 0.1) is 10.6 Å². The van der Waals surface area contributed by atoms with E-state index in [0.717, 1.165) is 24.1 Å². The summed E-state index contributed by atoms with van der Waals surface area (Å²) in [6.07, 6.45) is 2.40. The Morgan fingerprint density at radius 3 is 2.83 bits per heavy atom. The van der Waals surface area contributed by atoms with E-state index in [1.807, 2.05) is 17.4 Å². The Morgan fingerprint density at radius 2 is 2.12 bits per heavy atom. The SMILES string of the molecule is O=C(NCCN1CCC(c2cccs2)CC1)c1cc(Br)ccc1Cl. The maximum absolute atomic E-state index is 12.2. The van der Waals surface area contributed by atoms with E-state index in [2.05, 4.69) is 43.7 Å². The van der Waals surface area contributed by atoms with Crippen molar-refractivity contribution in [2.45, 2.75) is 18.8 Å². The van der Waals surface area contributed by atoms with Crippen molar-refractivity contribution < 1.29 is 4.79 Å². The van der Waals surface area contributed by atoms with Gasteiger partial charge in [-0.15, -0.1) is 11.3 Å². The molecule has 0 aliphatic carbocycles. The highest BCUT2D eigenvalue weighted by molar-refractivity contribution is 9.10. The van der Waals surface area contributed by atoms with E-state index in [9.17, 15) is 4.79 Å². The third kappa shape index (κ3) is 4.60. The van der Waals surface area contributed by atoms with Crippen LogP contribution in [0.15, 0.2) is 40.2 Å². The number of likely N-dealkylation sites (tertiary alicyclic amines) is 1. The number of carbonyl (C=O) groups excluding carboxylic acids is 1. The monoisotopic (exact) mass is 426 g/mol. The van der Waals surface area contributed by atoms with Crippen LogP contribution >= 0.6 is 38.9 Å². The van der Waals surface area contributed by atoms with Gasteiger partial charge in [-0.3, -0.25) is 4.79 Å². The maximum atomic E-state index is 12.2. The predicted molar refractivity (Wildman–Crippen MR) is 104 cm³/mol. The molecule has 1 fully saturated rings. The Bertz CT molecular complexity index is 684. The number of thiophene rings is 1. The van der Waals surface area contributed by atoms with E-state index in [1.54, 1.807) is 12.1 Å². The smallest absolute Gasteiger partial charge is 0.252 e. The van der Waals surface area contributed by atoms with Crippen molar-refractivity contribution in [3.63, 3.8) is 0 Å². The molecule has 1 aromatic heterocycles. The molecule has 2 heterocycles. The zero-order chi connectivity index (χ0) is 16.9. The molecule has 128 valence electrons. The van der Waals surface area contributed by atoms with Crippen molar-refractivity contribution in [2.24, 2.45) is 0 Å². The Labute approximate surface area is 160 Å². The molecule has 1 aliphatic rings. The summed E-state index contributed by atoms with van der Waals surface area (Å²) in [4.78, 5) is 16.2. The number of rotatable bonds is 5. The van der Waals surface area contributed by atoms with Crippen LogP contribution in [0.1, 0.15) is 34.0 Å². The first-order chi connectivity index (χ1) is 11.6. The minimum absolute atomic E-state index is 0.116. The standard InChI is InChI=1S/C18H20BrClN2OS/c19-14-3-4-16(20)15(12-14)18(23)21-7-10-22-8-5-13(6-9-22)17-2-1-11-24-17/h1-4,11-13H,5-10H2,(H,21,23). The van der Waals surface area contributed by atoms with E-state index in [0.29, 0.717) is 23.0 Å².